The molecule has 0 spiro atoms. The number of aromatic nitrogens is 1. The molecule has 2 heterocycles. The van der Waals surface area contributed by atoms with Gasteiger partial charge in [0.05, 0.1) is 12.8 Å². The van der Waals surface area contributed by atoms with Crippen molar-refractivity contribution in [2.75, 3.05) is 0 Å². The molecule has 6 heteroatoms. The molecule has 5 aromatic rings. The minimum Gasteiger partial charge on any atom is -0.451 e. The fraction of sp³-hybridized carbons (Fsp3) is 0.0769. The molecule has 0 atom stereocenters. The predicted octanol–water partition coefficient (Wildman–Crippen LogP) is 5.65. The first kappa shape index (κ1) is 19.8. The van der Waals surface area contributed by atoms with Crippen LogP contribution < -0.4 is 5.43 Å². The zero-order chi connectivity index (χ0) is 22.1. The lowest BCUT2D eigenvalue weighted by atomic mass is 10.1. The maximum absolute atomic E-state index is 14.2. The molecule has 5 rings (SSSR count). The highest BCUT2D eigenvalue weighted by atomic mass is 19.1. The van der Waals surface area contributed by atoms with Gasteiger partial charge in [0.1, 0.15) is 11.4 Å². The van der Waals surface area contributed by atoms with E-state index in [-0.39, 0.29) is 11.6 Å². The number of hydrogen-bond acceptors (Lipinski definition) is 3. The Morgan fingerprint density at radius 2 is 1.81 bits per heavy atom. The van der Waals surface area contributed by atoms with Gasteiger partial charge < -0.3 is 8.98 Å². The Labute approximate surface area is 183 Å². The van der Waals surface area contributed by atoms with Gasteiger partial charge in [0.15, 0.2) is 5.76 Å². The Hall–Kier alpha value is -4.19. The highest BCUT2D eigenvalue weighted by Crippen LogP contribution is 2.26. The number of carbonyl (C=O) groups is 1. The van der Waals surface area contributed by atoms with E-state index < -0.39 is 5.91 Å². The Kier molecular flexibility index (Phi) is 5.03. The number of nitrogens with zero attached hydrogens (tertiary/aromatic N) is 2. The SMILES string of the molecule is Cc1c(/C=N/NC(=O)c2cc3ccccc3o2)c2ccccc2n1Cc1ccccc1F. The topological polar surface area (TPSA) is 59.5 Å². The van der Waals surface area contributed by atoms with Gasteiger partial charge in [-0.05, 0) is 31.2 Å². The van der Waals surface area contributed by atoms with Crippen LogP contribution in [0.2, 0.25) is 0 Å². The van der Waals surface area contributed by atoms with Gasteiger partial charge in [-0.1, -0.05) is 54.6 Å². The molecule has 1 amide bonds. The summed E-state index contributed by atoms with van der Waals surface area (Å²) in [5.41, 5.74) is 6.55. The third-order valence-electron chi connectivity index (χ3n) is 5.58. The minimum atomic E-state index is -0.426. The Bertz CT molecular complexity index is 1450. The Balaban J connectivity index is 1.44. The van der Waals surface area contributed by atoms with Crippen LogP contribution in [0, 0.1) is 12.7 Å². The largest absolute Gasteiger partial charge is 0.451 e. The predicted molar refractivity (Wildman–Crippen MR) is 123 cm³/mol. The first-order chi connectivity index (χ1) is 15.6. The number of nitrogens with one attached hydrogen (secondary N) is 1. The molecule has 0 radical (unpaired) electrons. The summed E-state index contributed by atoms with van der Waals surface area (Å²) in [5, 5.41) is 6.00. The first-order valence-corrected chi connectivity index (χ1v) is 10.2. The summed E-state index contributed by atoms with van der Waals surface area (Å²) < 4.78 is 21.9. The summed E-state index contributed by atoms with van der Waals surface area (Å²) >= 11 is 0. The fourth-order valence-corrected chi connectivity index (χ4v) is 3.93. The van der Waals surface area contributed by atoms with E-state index >= 15 is 0 Å². The van der Waals surface area contributed by atoms with Crippen molar-refractivity contribution in [3.05, 3.63) is 107 Å². The second-order valence-corrected chi connectivity index (χ2v) is 7.54. The summed E-state index contributed by atoms with van der Waals surface area (Å²) in [7, 11) is 0. The molecular weight excluding hydrogens is 405 g/mol. The van der Waals surface area contributed by atoms with Crippen LogP contribution in [-0.4, -0.2) is 16.7 Å². The number of para-hydroxylation sites is 2. The van der Waals surface area contributed by atoms with E-state index in [9.17, 15) is 9.18 Å². The van der Waals surface area contributed by atoms with Gasteiger partial charge >= 0.3 is 5.91 Å². The van der Waals surface area contributed by atoms with Crippen LogP contribution in [0.15, 0.2) is 88.4 Å². The number of benzene rings is 3. The van der Waals surface area contributed by atoms with Gasteiger partial charge in [-0.15, -0.1) is 0 Å². The van der Waals surface area contributed by atoms with Crippen molar-refractivity contribution in [3.8, 4) is 0 Å². The van der Waals surface area contributed by atoms with Crippen LogP contribution in [-0.2, 0) is 6.54 Å². The molecule has 0 saturated heterocycles. The lowest BCUT2D eigenvalue weighted by Gasteiger charge is -2.09. The Morgan fingerprint density at radius 1 is 1.06 bits per heavy atom. The standard InChI is InChI=1S/C26H20FN3O2/c1-17-21(15-28-29-26(31)25-14-18-8-3-7-13-24(18)32-25)20-10-4-6-12-23(20)30(17)16-19-9-2-5-11-22(19)27/h2-15H,16H2,1H3,(H,29,31)/b28-15+. The average molecular weight is 425 g/mol. The van der Waals surface area contributed by atoms with Crippen LogP contribution >= 0.6 is 0 Å². The zero-order valence-electron chi connectivity index (χ0n) is 17.4. The number of hydrazone groups is 1. The third-order valence-corrected chi connectivity index (χ3v) is 5.58. The lowest BCUT2D eigenvalue weighted by molar-refractivity contribution is 0.0929. The van der Waals surface area contributed by atoms with E-state index in [0.29, 0.717) is 17.7 Å². The molecule has 0 aliphatic heterocycles. The first-order valence-electron chi connectivity index (χ1n) is 10.2. The number of fused-ring (bicyclic) bond motifs is 2. The summed E-state index contributed by atoms with van der Waals surface area (Å²) in [4.78, 5) is 12.5. The molecule has 5 nitrogen and oxygen atoms in total. The maximum Gasteiger partial charge on any atom is 0.307 e. The van der Waals surface area contributed by atoms with Gasteiger partial charge in [-0.25, -0.2) is 9.82 Å². The smallest absolute Gasteiger partial charge is 0.307 e. The van der Waals surface area contributed by atoms with E-state index in [1.54, 1.807) is 24.4 Å². The van der Waals surface area contributed by atoms with Gasteiger partial charge in [0.25, 0.3) is 0 Å². The molecule has 0 aliphatic carbocycles. The molecule has 32 heavy (non-hydrogen) atoms. The van der Waals surface area contributed by atoms with Crippen molar-refractivity contribution in [1.82, 2.24) is 9.99 Å². The van der Waals surface area contributed by atoms with Gasteiger partial charge in [-0.2, -0.15) is 5.10 Å². The second-order valence-electron chi connectivity index (χ2n) is 7.54. The lowest BCUT2D eigenvalue weighted by Crippen LogP contribution is -2.16. The maximum atomic E-state index is 14.2. The molecule has 0 fully saturated rings. The van der Waals surface area contributed by atoms with Crippen molar-refractivity contribution in [1.29, 1.82) is 0 Å². The van der Waals surface area contributed by atoms with E-state index in [0.717, 1.165) is 27.5 Å². The molecule has 158 valence electrons. The second kappa shape index (κ2) is 8.15. The summed E-state index contributed by atoms with van der Waals surface area (Å²) in [6, 6.07) is 23.7. The molecule has 1 N–H and O–H groups in total. The van der Waals surface area contributed by atoms with E-state index in [1.165, 1.54) is 6.07 Å². The zero-order valence-corrected chi connectivity index (χ0v) is 17.4. The quantitative estimate of drug-likeness (QED) is 0.292. The van der Waals surface area contributed by atoms with Crippen molar-refractivity contribution in [2.24, 2.45) is 5.10 Å². The molecule has 0 saturated carbocycles. The number of halogens is 1. The van der Waals surface area contributed by atoms with Crippen molar-refractivity contribution in [3.63, 3.8) is 0 Å². The molecular formula is C26H20FN3O2. The molecule has 2 aromatic heterocycles. The monoisotopic (exact) mass is 425 g/mol. The minimum absolute atomic E-state index is 0.196. The molecule has 3 aromatic carbocycles. The number of amides is 1. The summed E-state index contributed by atoms with van der Waals surface area (Å²) in [5.74, 6) is -0.467. The average Bonchev–Trinajstić information content (AvgIpc) is 3.36. The Morgan fingerprint density at radius 3 is 2.66 bits per heavy atom. The number of rotatable bonds is 5. The number of carbonyl (C=O) groups excluding carboxylic acids is 1. The van der Waals surface area contributed by atoms with E-state index in [2.05, 4.69) is 15.1 Å². The summed E-state index contributed by atoms with van der Waals surface area (Å²) in [6.07, 6.45) is 1.62. The van der Waals surface area contributed by atoms with Crippen molar-refractivity contribution in [2.45, 2.75) is 13.5 Å². The van der Waals surface area contributed by atoms with E-state index in [4.69, 9.17) is 4.42 Å². The van der Waals surface area contributed by atoms with Gasteiger partial charge in [-0.3, -0.25) is 4.79 Å². The molecule has 0 unspecified atom stereocenters. The number of furan rings is 1. The van der Waals surface area contributed by atoms with E-state index in [1.807, 2.05) is 61.5 Å². The summed E-state index contributed by atoms with van der Waals surface area (Å²) in [6.45, 7) is 2.36. The van der Waals surface area contributed by atoms with Gasteiger partial charge in [0.2, 0.25) is 0 Å². The van der Waals surface area contributed by atoms with Crippen LogP contribution in [0.25, 0.3) is 21.9 Å². The fourth-order valence-electron chi connectivity index (χ4n) is 3.93. The molecule has 0 bridgehead atoms. The molecule has 0 aliphatic rings. The normalized spacial score (nSPS) is 11.6. The van der Waals surface area contributed by atoms with Crippen LogP contribution in [0.3, 0.4) is 0 Å². The van der Waals surface area contributed by atoms with Crippen LogP contribution in [0.5, 0.6) is 0 Å². The number of hydrogen-bond donors (Lipinski definition) is 1. The van der Waals surface area contributed by atoms with Crippen LogP contribution in [0.4, 0.5) is 4.39 Å². The third kappa shape index (κ3) is 3.56. The van der Waals surface area contributed by atoms with Gasteiger partial charge in [0, 0.05) is 33.1 Å². The highest BCUT2D eigenvalue weighted by molar-refractivity contribution is 6.02. The highest BCUT2D eigenvalue weighted by Gasteiger charge is 2.15. The van der Waals surface area contributed by atoms with Crippen LogP contribution in [0.1, 0.15) is 27.4 Å². The van der Waals surface area contributed by atoms with Crippen molar-refractivity contribution < 1.29 is 13.6 Å². The van der Waals surface area contributed by atoms with Crippen molar-refractivity contribution >= 4 is 34.0 Å².